The molecule has 0 aromatic heterocycles. The molecule has 4 nitrogen and oxygen atoms in total. The Morgan fingerprint density at radius 1 is 0.333 bits per heavy atom. The number of nitrogens with one attached hydrogen (secondary N) is 1. The second-order valence-corrected chi connectivity index (χ2v) is 20.4. The third-order valence-electron chi connectivity index (χ3n) is 13.2. The van der Waals surface area contributed by atoms with Gasteiger partial charge in [0.1, 0.15) is 0 Å². The fourth-order valence-corrected chi connectivity index (χ4v) is 8.53. The van der Waals surface area contributed by atoms with Gasteiger partial charge in [-0.3, -0.25) is 4.79 Å². The Morgan fingerprint density at radius 3 is 0.933 bits per heavy atom. The smallest absolute Gasteiger partial charge is 0.220 e. The Kier molecular flexibility index (Phi) is 60.9. The van der Waals surface area contributed by atoms with Crippen molar-refractivity contribution in [2.45, 2.75) is 276 Å². The van der Waals surface area contributed by atoms with Gasteiger partial charge in [-0.2, -0.15) is 0 Å². The zero-order valence-electron chi connectivity index (χ0n) is 48.8. The summed E-state index contributed by atoms with van der Waals surface area (Å²) in [5.41, 5.74) is 0. The Hall–Kier alpha value is -3.99. The van der Waals surface area contributed by atoms with E-state index in [1.807, 2.05) is 6.08 Å². The molecular formula is C71H117NO3. The number of unbranched alkanes of at least 4 members (excludes halogenated alkanes) is 24. The van der Waals surface area contributed by atoms with Crippen LogP contribution in [0.4, 0.5) is 0 Å². The molecular weight excluding hydrogens is 915 g/mol. The molecule has 1 amide bonds. The van der Waals surface area contributed by atoms with E-state index in [4.69, 9.17) is 0 Å². The van der Waals surface area contributed by atoms with Crippen molar-refractivity contribution in [1.82, 2.24) is 5.32 Å². The number of carbonyl (C=O) groups excluding carboxylic acids is 1. The molecule has 75 heavy (non-hydrogen) atoms. The summed E-state index contributed by atoms with van der Waals surface area (Å²) in [5, 5.41) is 23.2. The molecule has 0 aliphatic heterocycles. The SMILES string of the molecule is CC/C=C\C/C=C\C/C=C\C/C=C\C/C=C\C/C=C\C/C=C\C/C=C\C/C=C\C/C=C\CCCCCCCCC(=O)NC(CO)C(O)/C=C/CC/C=C/CC/C=C/CCCCCCCCCCCCCCCCCC. The van der Waals surface area contributed by atoms with Gasteiger partial charge >= 0.3 is 0 Å². The van der Waals surface area contributed by atoms with Crippen LogP contribution >= 0.6 is 0 Å². The number of carbonyl (C=O) groups is 1. The highest BCUT2D eigenvalue weighted by atomic mass is 16.3. The van der Waals surface area contributed by atoms with Crippen molar-refractivity contribution in [3.05, 3.63) is 158 Å². The first kappa shape index (κ1) is 71.0. The summed E-state index contributed by atoms with van der Waals surface area (Å²) >= 11 is 0. The highest BCUT2D eigenvalue weighted by molar-refractivity contribution is 5.76. The molecule has 0 saturated carbocycles. The lowest BCUT2D eigenvalue weighted by Gasteiger charge is -2.19. The lowest BCUT2D eigenvalue weighted by molar-refractivity contribution is -0.123. The zero-order chi connectivity index (χ0) is 54.1. The predicted molar refractivity (Wildman–Crippen MR) is 335 cm³/mol. The lowest BCUT2D eigenvalue weighted by atomic mass is 10.0. The Bertz CT molecular complexity index is 1590. The number of rotatable bonds is 55. The van der Waals surface area contributed by atoms with E-state index >= 15 is 0 Å². The van der Waals surface area contributed by atoms with Crippen LogP contribution in [0, 0.1) is 0 Å². The van der Waals surface area contributed by atoms with Gasteiger partial charge in [0, 0.05) is 6.42 Å². The second kappa shape index (κ2) is 64.3. The molecule has 0 spiro atoms. The van der Waals surface area contributed by atoms with Crippen LogP contribution in [0.3, 0.4) is 0 Å². The molecule has 0 saturated heterocycles. The van der Waals surface area contributed by atoms with Gasteiger partial charge in [0.2, 0.25) is 5.91 Å². The standard InChI is InChI=1S/C71H117NO3/c1-3-5-7-9-11-13-15-17-19-21-23-25-27-29-31-32-33-34-35-36-37-38-39-40-41-43-45-47-49-51-53-55-57-59-61-63-65-67-71(75)72-69(68-73)70(74)66-64-62-60-58-56-54-52-50-48-46-44-42-30-28-26-24-22-20-18-16-14-12-10-8-6-4-2/h5,7,11,13,17,19,23,25,29,31,33-34,36-37,39-40,43,45,48-51,56,58,64,66,69-70,73-74H,3-4,6,8-10,12,14-16,18,20-22,24,26-28,30,32,35,38,41-42,44,46-47,52-55,57,59-63,65,67-68H2,1-2H3,(H,72,75)/b7-5-,13-11-,19-17-,25-23-,31-29-,34-33-,37-36-,40-39-,45-43-,50-48+,51-49-,58-56+,66-64+. The first-order valence-electron chi connectivity index (χ1n) is 31.2. The lowest BCUT2D eigenvalue weighted by Crippen LogP contribution is -2.45. The first-order valence-corrected chi connectivity index (χ1v) is 31.2. The molecule has 0 heterocycles. The maximum absolute atomic E-state index is 12.5. The van der Waals surface area contributed by atoms with Crippen LogP contribution < -0.4 is 5.32 Å². The molecule has 0 bridgehead atoms. The van der Waals surface area contributed by atoms with E-state index in [1.165, 1.54) is 128 Å². The average molecular weight is 1030 g/mol. The number of hydrogen-bond acceptors (Lipinski definition) is 3. The molecule has 0 rings (SSSR count). The molecule has 0 aliphatic carbocycles. The van der Waals surface area contributed by atoms with Gasteiger partial charge in [-0.15, -0.1) is 0 Å². The van der Waals surface area contributed by atoms with Gasteiger partial charge in [0.25, 0.3) is 0 Å². The highest BCUT2D eigenvalue weighted by Gasteiger charge is 2.18. The molecule has 0 aromatic carbocycles. The fourth-order valence-electron chi connectivity index (χ4n) is 8.53. The summed E-state index contributed by atoms with van der Waals surface area (Å²) < 4.78 is 0. The normalized spacial score (nSPS) is 13.9. The van der Waals surface area contributed by atoms with Crippen LogP contribution in [-0.2, 0) is 4.79 Å². The van der Waals surface area contributed by atoms with E-state index in [0.717, 1.165) is 116 Å². The largest absolute Gasteiger partial charge is 0.394 e. The van der Waals surface area contributed by atoms with Crippen LogP contribution in [0.15, 0.2) is 158 Å². The maximum atomic E-state index is 12.5. The number of aliphatic hydroxyl groups is 2. The Labute approximate surface area is 465 Å². The number of aliphatic hydroxyl groups excluding tert-OH is 2. The van der Waals surface area contributed by atoms with E-state index in [2.05, 4.69) is 165 Å². The summed E-state index contributed by atoms with van der Waals surface area (Å²) in [4.78, 5) is 12.5. The molecule has 2 atom stereocenters. The molecule has 0 aliphatic rings. The van der Waals surface area contributed by atoms with Crippen molar-refractivity contribution in [3.8, 4) is 0 Å². The van der Waals surface area contributed by atoms with E-state index in [1.54, 1.807) is 6.08 Å². The van der Waals surface area contributed by atoms with Crippen LogP contribution in [0.25, 0.3) is 0 Å². The Balaban J connectivity index is 3.69. The minimum atomic E-state index is -0.890. The summed E-state index contributed by atoms with van der Waals surface area (Å²) in [5.74, 6) is -0.0979. The monoisotopic (exact) mass is 1030 g/mol. The van der Waals surface area contributed by atoms with Gasteiger partial charge in [-0.1, -0.05) is 294 Å². The predicted octanol–water partition coefficient (Wildman–Crippen LogP) is 21.3. The molecule has 0 aromatic rings. The van der Waals surface area contributed by atoms with Gasteiger partial charge in [0.15, 0.2) is 0 Å². The fraction of sp³-hybridized carbons (Fsp3) is 0.620. The molecule has 0 radical (unpaired) electrons. The minimum absolute atomic E-state index is 0.0979. The van der Waals surface area contributed by atoms with Crippen molar-refractivity contribution < 1.29 is 15.0 Å². The van der Waals surface area contributed by atoms with Crippen molar-refractivity contribution in [1.29, 1.82) is 0 Å². The van der Waals surface area contributed by atoms with Gasteiger partial charge in [-0.25, -0.2) is 0 Å². The number of amides is 1. The molecule has 424 valence electrons. The van der Waals surface area contributed by atoms with E-state index in [0.29, 0.717) is 6.42 Å². The van der Waals surface area contributed by atoms with E-state index in [9.17, 15) is 15.0 Å². The van der Waals surface area contributed by atoms with E-state index in [-0.39, 0.29) is 12.5 Å². The summed E-state index contributed by atoms with van der Waals surface area (Å²) in [6, 6.07) is -0.667. The van der Waals surface area contributed by atoms with Crippen LogP contribution in [0.2, 0.25) is 0 Å². The van der Waals surface area contributed by atoms with Gasteiger partial charge in [0.05, 0.1) is 18.8 Å². The Morgan fingerprint density at radius 2 is 0.600 bits per heavy atom. The van der Waals surface area contributed by atoms with Crippen LogP contribution in [0.1, 0.15) is 264 Å². The molecule has 0 fully saturated rings. The van der Waals surface area contributed by atoms with Gasteiger partial charge in [-0.05, 0) is 122 Å². The zero-order valence-corrected chi connectivity index (χ0v) is 48.8. The van der Waals surface area contributed by atoms with Crippen molar-refractivity contribution in [2.24, 2.45) is 0 Å². The highest BCUT2D eigenvalue weighted by Crippen LogP contribution is 2.15. The quantitative estimate of drug-likeness (QED) is 0.0420. The van der Waals surface area contributed by atoms with Crippen molar-refractivity contribution in [2.75, 3.05) is 6.61 Å². The number of allylic oxidation sites excluding steroid dienone is 25. The average Bonchev–Trinajstić information content (AvgIpc) is 3.41. The third-order valence-corrected chi connectivity index (χ3v) is 13.2. The second-order valence-electron chi connectivity index (χ2n) is 20.4. The molecule has 2 unspecified atom stereocenters. The van der Waals surface area contributed by atoms with Crippen LogP contribution in [0.5, 0.6) is 0 Å². The maximum Gasteiger partial charge on any atom is 0.220 e. The summed E-state index contributed by atoms with van der Waals surface area (Å²) in [6.45, 7) is 4.18. The van der Waals surface area contributed by atoms with Crippen molar-refractivity contribution >= 4 is 5.91 Å². The molecule has 3 N–H and O–H groups in total. The first-order chi connectivity index (χ1) is 37.2. The van der Waals surface area contributed by atoms with Crippen LogP contribution in [-0.4, -0.2) is 34.9 Å². The van der Waals surface area contributed by atoms with E-state index < -0.39 is 12.1 Å². The van der Waals surface area contributed by atoms with Crippen molar-refractivity contribution in [3.63, 3.8) is 0 Å². The third kappa shape index (κ3) is 60.7. The number of hydrogen-bond donors (Lipinski definition) is 3. The summed E-state index contributed by atoms with van der Waals surface area (Å²) in [6.07, 6.45) is 103. The molecule has 4 heteroatoms. The summed E-state index contributed by atoms with van der Waals surface area (Å²) in [7, 11) is 0. The topological polar surface area (TPSA) is 69.6 Å². The van der Waals surface area contributed by atoms with Gasteiger partial charge < -0.3 is 15.5 Å². The minimum Gasteiger partial charge on any atom is -0.394 e.